The van der Waals surface area contributed by atoms with Gasteiger partial charge in [0, 0.05) is 0 Å². The minimum absolute atomic E-state index is 0.193. The molecule has 2 aromatic rings. The lowest BCUT2D eigenvalue weighted by atomic mass is 9.89. The number of methoxy groups -OCH3 is 2. The van der Waals surface area contributed by atoms with Gasteiger partial charge >= 0.3 is 5.97 Å². The van der Waals surface area contributed by atoms with Crippen molar-refractivity contribution in [2.24, 2.45) is 0 Å². The van der Waals surface area contributed by atoms with E-state index in [-0.39, 0.29) is 12.2 Å². The van der Waals surface area contributed by atoms with Crippen LogP contribution in [-0.4, -0.2) is 32.6 Å². The van der Waals surface area contributed by atoms with Crippen LogP contribution in [0.25, 0.3) is 0 Å². The van der Waals surface area contributed by atoms with Crippen molar-refractivity contribution in [3.05, 3.63) is 59.7 Å². The maximum Gasteiger partial charge on any atom is 0.321 e. The van der Waals surface area contributed by atoms with Crippen molar-refractivity contribution in [3.8, 4) is 11.5 Å². The molecule has 24 heavy (non-hydrogen) atoms. The van der Waals surface area contributed by atoms with Crippen molar-refractivity contribution >= 4 is 11.8 Å². The summed E-state index contributed by atoms with van der Waals surface area (Å²) in [5.41, 5.74) is 0.790. The van der Waals surface area contributed by atoms with Crippen LogP contribution in [0, 0.1) is 0 Å². The van der Waals surface area contributed by atoms with Gasteiger partial charge < -0.3 is 14.2 Å². The number of carbonyl (C=O) groups is 2. The normalized spacial score (nSPS) is 11.5. The van der Waals surface area contributed by atoms with Gasteiger partial charge in [0.2, 0.25) is 0 Å². The second kappa shape index (κ2) is 8.15. The lowest BCUT2D eigenvalue weighted by Crippen LogP contribution is -2.25. The van der Waals surface area contributed by atoms with Crippen molar-refractivity contribution < 1.29 is 23.8 Å². The lowest BCUT2D eigenvalue weighted by molar-refractivity contribution is -0.143. The van der Waals surface area contributed by atoms with Gasteiger partial charge in [-0.1, -0.05) is 36.4 Å². The van der Waals surface area contributed by atoms with Gasteiger partial charge in [-0.15, -0.1) is 0 Å². The molecule has 0 saturated carbocycles. The third-order valence-electron chi connectivity index (χ3n) is 3.59. The predicted molar refractivity (Wildman–Crippen MR) is 89.7 cm³/mol. The summed E-state index contributed by atoms with van der Waals surface area (Å²) in [6.07, 6.45) is 0. The standard InChI is InChI=1S/C19H20O5/c1-4-24-19(21)16(13-9-6-5-7-10-13)18(20)17-14(22-2)11-8-12-15(17)23-3/h5-12,16H,4H2,1-3H3. The summed E-state index contributed by atoms with van der Waals surface area (Å²) >= 11 is 0. The number of hydrogen-bond acceptors (Lipinski definition) is 5. The molecule has 2 rings (SSSR count). The zero-order chi connectivity index (χ0) is 17.5. The van der Waals surface area contributed by atoms with E-state index in [1.165, 1.54) is 14.2 Å². The van der Waals surface area contributed by atoms with Gasteiger partial charge in [0.15, 0.2) is 5.78 Å². The molecule has 0 spiro atoms. The molecule has 0 aliphatic heterocycles. The van der Waals surface area contributed by atoms with Gasteiger partial charge in [-0.05, 0) is 24.6 Å². The Morgan fingerprint density at radius 2 is 1.50 bits per heavy atom. The molecule has 0 fully saturated rings. The van der Waals surface area contributed by atoms with E-state index in [9.17, 15) is 9.59 Å². The Labute approximate surface area is 141 Å². The van der Waals surface area contributed by atoms with Crippen LogP contribution in [0.2, 0.25) is 0 Å². The highest BCUT2D eigenvalue weighted by atomic mass is 16.5. The smallest absolute Gasteiger partial charge is 0.321 e. The molecule has 2 aromatic carbocycles. The molecular formula is C19H20O5. The molecular weight excluding hydrogens is 308 g/mol. The van der Waals surface area contributed by atoms with E-state index in [0.29, 0.717) is 17.1 Å². The molecule has 0 saturated heterocycles. The number of esters is 1. The molecule has 0 aromatic heterocycles. The summed E-state index contributed by atoms with van der Waals surface area (Å²) < 4.78 is 15.7. The highest BCUT2D eigenvalue weighted by Crippen LogP contribution is 2.34. The van der Waals surface area contributed by atoms with Gasteiger partial charge in [-0.25, -0.2) is 0 Å². The van der Waals surface area contributed by atoms with E-state index in [2.05, 4.69) is 0 Å². The van der Waals surface area contributed by atoms with Crippen LogP contribution >= 0.6 is 0 Å². The van der Waals surface area contributed by atoms with Crippen molar-refractivity contribution in [2.45, 2.75) is 12.8 Å². The molecule has 0 aliphatic carbocycles. The fourth-order valence-electron chi connectivity index (χ4n) is 2.50. The van der Waals surface area contributed by atoms with Crippen LogP contribution in [-0.2, 0) is 9.53 Å². The molecule has 0 heterocycles. The SMILES string of the molecule is CCOC(=O)C(C(=O)c1c(OC)cccc1OC)c1ccccc1. The third kappa shape index (κ3) is 3.56. The summed E-state index contributed by atoms with van der Waals surface area (Å²) in [4.78, 5) is 25.6. The molecule has 126 valence electrons. The lowest BCUT2D eigenvalue weighted by Gasteiger charge is -2.18. The van der Waals surface area contributed by atoms with Crippen LogP contribution in [0.1, 0.15) is 28.8 Å². The Bertz CT molecular complexity index is 687. The van der Waals surface area contributed by atoms with Crippen molar-refractivity contribution in [2.75, 3.05) is 20.8 Å². The van der Waals surface area contributed by atoms with Crippen molar-refractivity contribution in [1.29, 1.82) is 0 Å². The number of hydrogen-bond donors (Lipinski definition) is 0. The minimum Gasteiger partial charge on any atom is -0.496 e. The molecule has 1 unspecified atom stereocenters. The Hall–Kier alpha value is -2.82. The van der Waals surface area contributed by atoms with Crippen LogP contribution in [0.4, 0.5) is 0 Å². The summed E-state index contributed by atoms with van der Waals surface area (Å²) in [5, 5.41) is 0. The van der Waals surface area contributed by atoms with Gasteiger partial charge in [-0.3, -0.25) is 9.59 Å². The Kier molecular flexibility index (Phi) is 5.95. The average molecular weight is 328 g/mol. The Morgan fingerprint density at radius 1 is 0.917 bits per heavy atom. The van der Waals surface area contributed by atoms with E-state index in [4.69, 9.17) is 14.2 Å². The Balaban J connectivity index is 2.55. The molecule has 0 bridgehead atoms. The van der Waals surface area contributed by atoms with Crippen LogP contribution in [0.3, 0.4) is 0 Å². The maximum atomic E-state index is 13.2. The Morgan fingerprint density at radius 3 is 2.00 bits per heavy atom. The van der Waals surface area contributed by atoms with Gasteiger partial charge in [0.05, 0.1) is 20.8 Å². The van der Waals surface area contributed by atoms with E-state index < -0.39 is 17.7 Å². The largest absolute Gasteiger partial charge is 0.496 e. The highest BCUT2D eigenvalue weighted by molar-refractivity contribution is 6.15. The fourth-order valence-corrected chi connectivity index (χ4v) is 2.50. The second-order valence-corrected chi connectivity index (χ2v) is 5.00. The van der Waals surface area contributed by atoms with Gasteiger partial charge in [0.25, 0.3) is 0 Å². The minimum atomic E-state index is -1.07. The number of ketones is 1. The van der Waals surface area contributed by atoms with Crippen LogP contribution < -0.4 is 9.47 Å². The summed E-state index contributed by atoms with van der Waals surface area (Å²) in [6, 6.07) is 13.8. The van der Waals surface area contributed by atoms with Crippen LogP contribution in [0.5, 0.6) is 11.5 Å². The third-order valence-corrected chi connectivity index (χ3v) is 3.59. The first kappa shape index (κ1) is 17.5. The van der Waals surface area contributed by atoms with E-state index >= 15 is 0 Å². The van der Waals surface area contributed by atoms with Gasteiger partial charge in [0.1, 0.15) is 23.0 Å². The van der Waals surface area contributed by atoms with E-state index in [0.717, 1.165) is 0 Å². The van der Waals surface area contributed by atoms with Crippen LogP contribution in [0.15, 0.2) is 48.5 Å². The number of rotatable bonds is 7. The molecule has 0 amide bonds. The van der Waals surface area contributed by atoms with Gasteiger partial charge in [-0.2, -0.15) is 0 Å². The molecule has 5 nitrogen and oxygen atoms in total. The number of carbonyl (C=O) groups excluding carboxylic acids is 2. The topological polar surface area (TPSA) is 61.8 Å². The van der Waals surface area contributed by atoms with Crippen molar-refractivity contribution in [3.63, 3.8) is 0 Å². The monoisotopic (exact) mass is 328 g/mol. The summed E-state index contributed by atoms with van der Waals surface area (Å²) in [7, 11) is 2.93. The van der Waals surface area contributed by atoms with Crippen molar-refractivity contribution in [1.82, 2.24) is 0 Å². The number of Topliss-reactive ketones (excluding diaryl/α,β-unsaturated/α-hetero) is 1. The fraction of sp³-hybridized carbons (Fsp3) is 0.263. The summed E-state index contributed by atoms with van der Waals surface area (Å²) in [5.74, 6) is -1.39. The van der Waals surface area contributed by atoms with E-state index in [1.807, 2.05) is 6.07 Å². The number of ether oxygens (including phenoxy) is 3. The maximum absolute atomic E-state index is 13.2. The molecule has 0 radical (unpaired) electrons. The first-order valence-corrected chi connectivity index (χ1v) is 7.60. The molecule has 1 atom stereocenters. The predicted octanol–water partition coefficient (Wildman–Crippen LogP) is 3.23. The first-order valence-electron chi connectivity index (χ1n) is 7.60. The zero-order valence-electron chi connectivity index (χ0n) is 13.9. The molecule has 0 aliphatic rings. The first-order chi connectivity index (χ1) is 11.6. The number of benzene rings is 2. The van der Waals surface area contributed by atoms with E-state index in [1.54, 1.807) is 49.4 Å². The quantitative estimate of drug-likeness (QED) is 0.444. The summed E-state index contributed by atoms with van der Waals surface area (Å²) in [6.45, 7) is 1.90. The molecule has 0 N–H and O–H groups in total. The molecule has 5 heteroatoms. The second-order valence-electron chi connectivity index (χ2n) is 5.00. The highest BCUT2D eigenvalue weighted by Gasteiger charge is 2.34. The zero-order valence-corrected chi connectivity index (χ0v) is 13.9. The average Bonchev–Trinajstić information content (AvgIpc) is 2.62.